The summed E-state index contributed by atoms with van der Waals surface area (Å²) in [4.78, 5) is 38.9. The van der Waals surface area contributed by atoms with E-state index in [4.69, 9.17) is 0 Å². The molecule has 2 aliphatic heterocycles. The molecule has 162 valence electrons. The van der Waals surface area contributed by atoms with Crippen molar-refractivity contribution in [2.24, 2.45) is 5.92 Å². The number of nitrogens with one attached hydrogen (secondary N) is 2. The van der Waals surface area contributed by atoms with Crippen LogP contribution in [0, 0.1) is 5.92 Å². The maximum atomic E-state index is 11.8. The lowest BCUT2D eigenvalue weighted by Gasteiger charge is -2.32. The van der Waals surface area contributed by atoms with Crippen molar-refractivity contribution in [2.75, 3.05) is 30.4 Å². The van der Waals surface area contributed by atoms with Crippen LogP contribution in [0.4, 0.5) is 5.95 Å². The standard InChI is InChI=1S/C22H26N6O2S/c29-14-19(30)21-20(31-15-26-21)11-18-3-8-25-22(27-18)28-9-4-17(5-10-28)13-24-12-16-1-6-23-7-2-16/h1-3,6-8,11,14,17,21,24,26H,4-5,9-10,12-13,15H2/b20-11-. The van der Waals surface area contributed by atoms with E-state index in [0.717, 1.165) is 49.6 Å². The number of pyridine rings is 1. The number of carbonyl (C=O) groups is 2. The molecule has 2 aromatic heterocycles. The highest BCUT2D eigenvalue weighted by Crippen LogP contribution is 2.28. The molecule has 31 heavy (non-hydrogen) atoms. The van der Waals surface area contributed by atoms with Gasteiger partial charge in [0, 0.05) is 49.0 Å². The Kier molecular flexibility index (Phi) is 7.39. The van der Waals surface area contributed by atoms with Crippen molar-refractivity contribution in [2.45, 2.75) is 25.4 Å². The van der Waals surface area contributed by atoms with Gasteiger partial charge < -0.3 is 10.2 Å². The van der Waals surface area contributed by atoms with Gasteiger partial charge in [0.1, 0.15) is 6.04 Å². The van der Waals surface area contributed by atoms with E-state index in [0.29, 0.717) is 24.0 Å². The molecule has 0 aliphatic carbocycles. The van der Waals surface area contributed by atoms with E-state index in [1.54, 1.807) is 6.20 Å². The third-order valence-electron chi connectivity index (χ3n) is 5.57. The van der Waals surface area contributed by atoms with Crippen LogP contribution in [0.15, 0.2) is 41.7 Å². The Morgan fingerprint density at radius 1 is 1.23 bits per heavy atom. The number of ketones is 1. The molecule has 0 saturated carbocycles. The van der Waals surface area contributed by atoms with Crippen LogP contribution in [0.2, 0.25) is 0 Å². The molecule has 0 bridgehead atoms. The largest absolute Gasteiger partial charge is 0.341 e. The first-order chi connectivity index (χ1) is 15.2. The fourth-order valence-corrected chi connectivity index (χ4v) is 4.81. The van der Waals surface area contributed by atoms with Crippen LogP contribution in [0.3, 0.4) is 0 Å². The van der Waals surface area contributed by atoms with E-state index < -0.39 is 11.8 Å². The van der Waals surface area contributed by atoms with Gasteiger partial charge in [0.15, 0.2) is 6.29 Å². The predicted octanol–water partition coefficient (Wildman–Crippen LogP) is 1.65. The zero-order valence-corrected chi connectivity index (χ0v) is 18.1. The minimum Gasteiger partial charge on any atom is -0.341 e. The summed E-state index contributed by atoms with van der Waals surface area (Å²) in [5, 5.41) is 6.59. The van der Waals surface area contributed by atoms with Crippen molar-refractivity contribution in [1.29, 1.82) is 0 Å². The van der Waals surface area contributed by atoms with E-state index in [2.05, 4.69) is 30.5 Å². The predicted molar refractivity (Wildman–Crippen MR) is 121 cm³/mol. The maximum Gasteiger partial charge on any atom is 0.225 e. The highest BCUT2D eigenvalue weighted by molar-refractivity contribution is 8.03. The first-order valence-electron chi connectivity index (χ1n) is 10.5. The fraction of sp³-hybridized carbons (Fsp3) is 0.409. The Morgan fingerprint density at radius 2 is 2.03 bits per heavy atom. The van der Waals surface area contributed by atoms with Gasteiger partial charge in [-0.1, -0.05) is 0 Å². The second-order valence-electron chi connectivity index (χ2n) is 7.69. The van der Waals surface area contributed by atoms with Gasteiger partial charge in [0.2, 0.25) is 11.7 Å². The number of nitrogens with zero attached hydrogens (tertiary/aromatic N) is 4. The lowest BCUT2D eigenvalue weighted by atomic mass is 9.97. The number of Topliss-reactive ketones (excluding diaryl/α,β-unsaturated/α-hetero) is 1. The van der Waals surface area contributed by atoms with E-state index in [1.165, 1.54) is 17.3 Å². The molecule has 4 heterocycles. The monoisotopic (exact) mass is 438 g/mol. The molecule has 4 rings (SSSR count). The van der Waals surface area contributed by atoms with Crippen molar-refractivity contribution in [3.63, 3.8) is 0 Å². The van der Waals surface area contributed by atoms with Gasteiger partial charge in [-0.15, -0.1) is 11.8 Å². The van der Waals surface area contributed by atoms with Crippen LogP contribution in [0.5, 0.6) is 0 Å². The number of piperidine rings is 1. The summed E-state index contributed by atoms with van der Waals surface area (Å²) in [5.74, 6) is 1.51. The van der Waals surface area contributed by atoms with Gasteiger partial charge in [-0.2, -0.15) is 0 Å². The first kappa shape index (κ1) is 21.6. The van der Waals surface area contributed by atoms with Crippen LogP contribution in [-0.4, -0.2) is 58.6 Å². The number of thioether (sulfide) groups is 1. The Labute approximate surface area is 185 Å². The second-order valence-corrected chi connectivity index (χ2v) is 8.74. The number of hydrogen-bond acceptors (Lipinski definition) is 9. The summed E-state index contributed by atoms with van der Waals surface area (Å²) in [5.41, 5.74) is 2.00. The zero-order chi connectivity index (χ0) is 21.5. The topological polar surface area (TPSA) is 100 Å². The van der Waals surface area contributed by atoms with E-state index in [1.807, 2.05) is 36.7 Å². The van der Waals surface area contributed by atoms with Gasteiger partial charge in [-0.3, -0.25) is 19.9 Å². The summed E-state index contributed by atoms with van der Waals surface area (Å²) in [6.45, 7) is 3.71. The minimum absolute atomic E-state index is 0.374. The molecule has 1 unspecified atom stereocenters. The number of anilines is 1. The first-order valence-corrected chi connectivity index (χ1v) is 11.5. The summed E-state index contributed by atoms with van der Waals surface area (Å²) in [6, 6.07) is 5.34. The lowest BCUT2D eigenvalue weighted by Crippen LogP contribution is -2.38. The third kappa shape index (κ3) is 5.75. The maximum absolute atomic E-state index is 11.8. The molecule has 0 aromatic carbocycles. The molecule has 0 amide bonds. The van der Waals surface area contributed by atoms with Crippen molar-refractivity contribution >= 4 is 35.9 Å². The number of carbonyl (C=O) groups excluding carboxylic acids is 2. The summed E-state index contributed by atoms with van der Waals surface area (Å²) in [6.07, 6.45) is 9.82. The minimum atomic E-state index is -0.559. The molecule has 2 saturated heterocycles. The van der Waals surface area contributed by atoms with E-state index in [-0.39, 0.29) is 0 Å². The Morgan fingerprint density at radius 3 is 2.81 bits per heavy atom. The molecule has 2 aromatic rings. The third-order valence-corrected chi connectivity index (χ3v) is 6.57. The van der Waals surface area contributed by atoms with Gasteiger partial charge in [0.25, 0.3) is 0 Å². The molecule has 2 fully saturated rings. The van der Waals surface area contributed by atoms with Crippen LogP contribution in [-0.2, 0) is 16.1 Å². The van der Waals surface area contributed by atoms with Crippen LogP contribution >= 0.6 is 11.8 Å². The molecule has 2 N–H and O–H groups in total. The molecular formula is C22H26N6O2S. The molecule has 2 aliphatic rings. The molecular weight excluding hydrogens is 412 g/mol. The fourth-order valence-electron chi connectivity index (χ4n) is 3.82. The average molecular weight is 439 g/mol. The lowest BCUT2D eigenvalue weighted by molar-refractivity contribution is -0.130. The molecule has 9 heteroatoms. The average Bonchev–Trinajstić information content (AvgIpc) is 3.28. The summed E-state index contributed by atoms with van der Waals surface area (Å²) in [7, 11) is 0. The van der Waals surface area contributed by atoms with Crippen molar-refractivity contribution in [3.05, 3.63) is 53.0 Å². The van der Waals surface area contributed by atoms with Crippen molar-refractivity contribution in [1.82, 2.24) is 25.6 Å². The molecule has 0 radical (unpaired) electrons. The van der Waals surface area contributed by atoms with E-state index in [9.17, 15) is 9.59 Å². The van der Waals surface area contributed by atoms with Crippen molar-refractivity contribution < 1.29 is 9.59 Å². The SMILES string of the molecule is O=CC(=O)C1NCS/C1=C\c1ccnc(N2CCC(CNCc3ccncc3)CC2)n1. The second kappa shape index (κ2) is 10.6. The quantitative estimate of drug-likeness (QED) is 0.471. The van der Waals surface area contributed by atoms with Crippen LogP contribution in [0.1, 0.15) is 24.1 Å². The highest BCUT2D eigenvalue weighted by Gasteiger charge is 2.27. The number of aromatic nitrogens is 3. The highest BCUT2D eigenvalue weighted by atomic mass is 32.2. The molecule has 0 spiro atoms. The van der Waals surface area contributed by atoms with Crippen molar-refractivity contribution in [3.8, 4) is 0 Å². The Hall–Kier alpha value is -2.62. The summed E-state index contributed by atoms with van der Waals surface area (Å²) >= 11 is 1.52. The van der Waals surface area contributed by atoms with Gasteiger partial charge >= 0.3 is 0 Å². The number of rotatable bonds is 8. The van der Waals surface area contributed by atoms with Gasteiger partial charge in [0.05, 0.1) is 5.69 Å². The van der Waals surface area contributed by atoms with E-state index >= 15 is 0 Å². The van der Waals surface area contributed by atoms with Crippen LogP contribution in [0.25, 0.3) is 6.08 Å². The van der Waals surface area contributed by atoms with Gasteiger partial charge in [-0.25, -0.2) is 9.97 Å². The Bertz CT molecular complexity index is 931. The number of hydrogen-bond donors (Lipinski definition) is 2. The Balaban J connectivity index is 1.30. The smallest absolute Gasteiger partial charge is 0.225 e. The summed E-state index contributed by atoms with van der Waals surface area (Å²) < 4.78 is 0. The van der Waals surface area contributed by atoms with Crippen LogP contribution < -0.4 is 15.5 Å². The zero-order valence-electron chi connectivity index (χ0n) is 17.2. The molecule has 8 nitrogen and oxygen atoms in total. The van der Waals surface area contributed by atoms with Gasteiger partial charge in [-0.05, 0) is 55.1 Å². The number of aldehydes is 1. The molecule has 1 atom stereocenters. The normalized spacial score (nSPS) is 20.8.